The third kappa shape index (κ3) is 6.63. The second-order valence-corrected chi connectivity index (χ2v) is 9.04. The molecule has 1 aliphatic rings. The van der Waals surface area contributed by atoms with Crippen molar-refractivity contribution < 1.29 is 14.3 Å². The smallest absolute Gasteiger partial charge is 0.251 e. The van der Waals surface area contributed by atoms with Crippen LogP contribution in [0, 0.1) is 0 Å². The van der Waals surface area contributed by atoms with Crippen molar-refractivity contribution in [2.24, 2.45) is 0 Å². The summed E-state index contributed by atoms with van der Waals surface area (Å²) in [6.07, 6.45) is 1.69. The molecule has 1 amide bonds. The average Bonchev–Trinajstić information content (AvgIpc) is 2.89. The topological polar surface area (TPSA) is 91.8 Å². The number of nitrogens with one attached hydrogen (secondary N) is 2. The second kappa shape index (κ2) is 12.0. The lowest BCUT2D eigenvalue weighted by Gasteiger charge is -2.29. The van der Waals surface area contributed by atoms with Gasteiger partial charge >= 0.3 is 0 Å². The standard InChI is InChI=1S/C26H31ClN6O3/c1-18(17-35-3)29-25(34)19-13-21(16-23(14-19)33-9-11-36-12-10-33)30-26-28-8-7-24(31-26)32(2)22-6-4-5-20(27)15-22/h4-8,13-16,18H,9-12,17H2,1-3H3,(H,29,34)(H,28,30,31). The molecule has 2 aromatic carbocycles. The van der Waals surface area contributed by atoms with Crippen molar-refractivity contribution in [3.8, 4) is 0 Å². The van der Waals surface area contributed by atoms with Crippen LogP contribution in [0.15, 0.2) is 54.7 Å². The zero-order valence-corrected chi connectivity index (χ0v) is 21.5. The van der Waals surface area contributed by atoms with Crippen molar-refractivity contribution in [2.45, 2.75) is 13.0 Å². The number of nitrogens with zero attached hydrogens (tertiary/aromatic N) is 4. The number of hydrogen-bond acceptors (Lipinski definition) is 8. The highest BCUT2D eigenvalue weighted by molar-refractivity contribution is 6.30. The Bertz CT molecular complexity index is 1190. The van der Waals surface area contributed by atoms with Gasteiger partial charge in [-0.05, 0) is 49.4 Å². The van der Waals surface area contributed by atoms with Crippen LogP contribution >= 0.6 is 11.6 Å². The minimum absolute atomic E-state index is 0.118. The predicted octanol–water partition coefficient (Wildman–Crippen LogP) is 4.24. The van der Waals surface area contributed by atoms with Gasteiger partial charge in [0.1, 0.15) is 5.82 Å². The number of rotatable bonds is 9. The van der Waals surface area contributed by atoms with Crippen LogP contribution in [-0.4, -0.2) is 69.0 Å². The monoisotopic (exact) mass is 510 g/mol. The number of aromatic nitrogens is 2. The molecule has 1 saturated heterocycles. The van der Waals surface area contributed by atoms with Gasteiger partial charge in [0.15, 0.2) is 0 Å². The Labute approximate surface area is 216 Å². The lowest BCUT2D eigenvalue weighted by molar-refractivity contribution is 0.0905. The number of ether oxygens (including phenoxy) is 2. The highest BCUT2D eigenvalue weighted by Gasteiger charge is 2.17. The molecule has 2 heterocycles. The summed E-state index contributed by atoms with van der Waals surface area (Å²) in [5, 5.41) is 6.91. The summed E-state index contributed by atoms with van der Waals surface area (Å²) < 4.78 is 10.7. The van der Waals surface area contributed by atoms with Crippen molar-refractivity contribution in [2.75, 3.05) is 62.2 Å². The van der Waals surface area contributed by atoms with Gasteiger partial charge in [-0.15, -0.1) is 0 Å². The van der Waals surface area contributed by atoms with Gasteiger partial charge in [0.25, 0.3) is 5.91 Å². The molecule has 36 heavy (non-hydrogen) atoms. The maximum absolute atomic E-state index is 13.0. The minimum Gasteiger partial charge on any atom is -0.383 e. The molecule has 1 atom stereocenters. The van der Waals surface area contributed by atoms with Crippen LogP contribution in [0.5, 0.6) is 0 Å². The molecule has 190 valence electrons. The highest BCUT2D eigenvalue weighted by Crippen LogP contribution is 2.28. The van der Waals surface area contributed by atoms with E-state index < -0.39 is 0 Å². The Hall–Kier alpha value is -3.40. The van der Waals surface area contributed by atoms with Gasteiger partial charge < -0.3 is 29.9 Å². The third-order valence-electron chi connectivity index (χ3n) is 5.79. The Morgan fingerprint density at radius 2 is 2.03 bits per heavy atom. The largest absolute Gasteiger partial charge is 0.383 e. The normalized spacial score (nSPS) is 14.3. The number of benzene rings is 2. The summed E-state index contributed by atoms with van der Waals surface area (Å²) >= 11 is 6.16. The zero-order chi connectivity index (χ0) is 25.5. The van der Waals surface area contributed by atoms with E-state index >= 15 is 0 Å². The fourth-order valence-electron chi connectivity index (χ4n) is 3.96. The first-order valence-electron chi connectivity index (χ1n) is 11.8. The van der Waals surface area contributed by atoms with Gasteiger partial charge in [-0.25, -0.2) is 4.98 Å². The molecule has 2 N–H and O–H groups in total. The number of morpholine rings is 1. The molecule has 1 fully saturated rings. The van der Waals surface area contributed by atoms with E-state index in [0.29, 0.717) is 47.9 Å². The molecule has 10 heteroatoms. The summed E-state index contributed by atoms with van der Waals surface area (Å²) in [6, 6.07) is 15.0. The van der Waals surface area contributed by atoms with Gasteiger partial charge in [0.2, 0.25) is 5.95 Å². The van der Waals surface area contributed by atoms with E-state index in [2.05, 4.69) is 25.5 Å². The minimum atomic E-state index is -0.173. The lowest BCUT2D eigenvalue weighted by Crippen LogP contribution is -2.37. The molecular weight excluding hydrogens is 480 g/mol. The van der Waals surface area contributed by atoms with Crippen molar-refractivity contribution in [3.05, 3.63) is 65.3 Å². The zero-order valence-electron chi connectivity index (χ0n) is 20.7. The van der Waals surface area contributed by atoms with E-state index in [1.165, 1.54) is 0 Å². The van der Waals surface area contributed by atoms with Crippen LogP contribution < -0.4 is 20.4 Å². The number of halogens is 1. The van der Waals surface area contributed by atoms with Crippen LogP contribution in [0.1, 0.15) is 17.3 Å². The van der Waals surface area contributed by atoms with Crippen molar-refractivity contribution in [1.29, 1.82) is 0 Å². The van der Waals surface area contributed by atoms with E-state index in [9.17, 15) is 4.79 Å². The number of amides is 1. The van der Waals surface area contributed by atoms with Crippen LogP contribution in [-0.2, 0) is 9.47 Å². The quantitative estimate of drug-likeness (QED) is 0.441. The number of methoxy groups -OCH3 is 1. The maximum atomic E-state index is 13.0. The van der Waals surface area contributed by atoms with E-state index in [1.807, 2.05) is 61.3 Å². The first-order chi connectivity index (χ1) is 17.4. The van der Waals surface area contributed by atoms with Gasteiger partial charge in [-0.1, -0.05) is 17.7 Å². The molecule has 0 saturated carbocycles. The maximum Gasteiger partial charge on any atom is 0.251 e. The number of carbonyl (C=O) groups excluding carboxylic acids is 1. The van der Waals surface area contributed by atoms with Crippen LogP contribution in [0.3, 0.4) is 0 Å². The molecule has 1 aliphatic heterocycles. The molecule has 4 rings (SSSR count). The Kier molecular flexibility index (Phi) is 8.58. The average molecular weight is 511 g/mol. The number of hydrogen-bond donors (Lipinski definition) is 2. The van der Waals surface area contributed by atoms with Crippen molar-refractivity contribution in [3.63, 3.8) is 0 Å². The van der Waals surface area contributed by atoms with Crippen molar-refractivity contribution in [1.82, 2.24) is 15.3 Å². The van der Waals surface area contributed by atoms with Gasteiger partial charge in [0.05, 0.1) is 19.8 Å². The predicted molar refractivity (Wildman–Crippen MR) is 143 cm³/mol. The number of carbonyl (C=O) groups is 1. The third-order valence-corrected chi connectivity index (χ3v) is 6.02. The van der Waals surface area contributed by atoms with Crippen LogP contribution in [0.2, 0.25) is 5.02 Å². The van der Waals surface area contributed by atoms with Gasteiger partial charge in [-0.3, -0.25) is 4.79 Å². The Morgan fingerprint density at radius 3 is 2.78 bits per heavy atom. The van der Waals surface area contributed by atoms with Gasteiger partial charge in [0, 0.05) is 67.1 Å². The second-order valence-electron chi connectivity index (χ2n) is 8.60. The summed E-state index contributed by atoms with van der Waals surface area (Å²) in [5.74, 6) is 0.943. The van der Waals surface area contributed by atoms with E-state index in [-0.39, 0.29) is 11.9 Å². The summed E-state index contributed by atoms with van der Waals surface area (Å²) in [6.45, 7) is 5.13. The fraction of sp³-hybridized carbons (Fsp3) is 0.346. The first-order valence-corrected chi connectivity index (χ1v) is 12.2. The number of anilines is 5. The molecule has 0 spiro atoms. The summed E-state index contributed by atoms with van der Waals surface area (Å²) in [7, 11) is 3.53. The molecular formula is C26H31ClN6O3. The Morgan fingerprint density at radius 1 is 1.22 bits per heavy atom. The molecule has 0 radical (unpaired) electrons. The van der Waals surface area contributed by atoms with E-state index in [4.69, 9.17) is 21.1 Å². The SMILES string of the molecule is COCC(C)NC(=O)c1cc(Nc2nccc(N(C)c3cccc(Cl)c3)n2)cc(N2CCOCC2)c1. The first kappa shape index (κ1) is 25.7. The molecule has 0 bridgehead atoms. The molecule has 9 nitrogen and oxygen atoms in total. The summed E-state index contributed by atoms with van der Waals surface area (Å²) in [4.78, 5) is 26.2. The van der Waals surface area contributed by atoms with E-state index in [1.54, 1.807) is 19.4 Å². The molecule has 3 aromatic rings. The Balaban J connectivity index is 1.60. The summed E-state index contributed by atoms with van der Waals surface area (Å²) in [5.41, 5.74) is 3.09. The molecule has 0 aliphatic carbocycles. The van der Waals surface area contributed by atoms with Crippen LogP contribution in [0.4, 0.5) is 28.8 Å². The van der Waals surface area contributed by atoms with Gasteiger partial charge in [-0.2, -0.15) is 4.98 Å². The lowest BCUT2D eigenvalue weighted by atomic mass is 10.1. The molecule has 1 aromatic heterocycles. The fourth-order valence-corrected chi connectivity index (χ4v) is 4.14. The molecule has 1 unspecified atom stereocenters. The van der Waals surface area contributed by atoms with Crippen molar-refractivity contribution >= 4 is 46.3 Å². The van der Waals surface area contributed by atoms with E-state index in [0.717, 1.165) is 24.5 Å². The van der Waals surface area contributed by atoms with Crippen LogP contribution in [0.25, 0.3) is 0 Å². The highest BCUT2D eigenvalue weighted by atomic mass is 35.5.